The van der Waals surface area contributed by atoms with Crippen LogP contribution in [0.5, 0.6) is 0 Å². The predicted octanol–water partition coefficient (Wildman–Crippen LogP) is 10.8. The molecule has 0 rings (SSSR count). The Morgan fingerprint density at radius 1 is 0.615 bits per heavy atom. The second-order valence-electron chi connectivity index (χ2n) is 13.3. The summed E-state index contributed by atoms with van der Waals surface area (Å²) in [6.07, 6.45) is 43.2. The summed E-state index contributed by atoms with van der Waals surface area (Å²) in [6, 6.07) is 0. The topological polar surface area (TPSA) is 132 Å². The number of phosphoric acid groups is 1. The van der Waals surface area contributed by atoms with Crippen LogP contribution in [-0.2, 0) is 27.9 Å². The molecule has 0 bridgehead atoms. The van der Waals surface area contributed by atoms with Crippen molar-refractivity contribution in [1.82, 2.24) is 0 Å². The number of aliphatic hydroxyl groups excluding tert-OH is 2. The Bertz CT molecular complexity index is 992. The molecular weight excluding hydrogens is 679 g/mol. The lowest BCUT2D eigenvalue weighted by atomic mass is 10.1. The number of hydrogen-bond donors (Lipinski definition) is 3. The van der Waals surface area contributed by atoms with Crippen LogP contribution in [0.2, 0.25) is 0 Å². The molecule has 0 aliphatic heterocycles. The number of esters is 1. The van der Waals surface area contributed by atoms with Crippen LogP contribution in [0, 0.1) is 0 Å². The van der Waals surface area contributed by atoms with Crippen LogP contribution < -0.4 is 0 Å². The van der Waals surface area contributed by atoms with Crippen molar-refractivity contribution in [2.45, 2.75) is 167 Å². The molecule has 0 radical (unpaired) electrons. The maximum atomic E-state index is 12.6. The number of rotatable bonds is 38. The summed E-state index contributed by atoms with van der Waals surface area (Å²) in [7, 11) is -4.52. The molecule has 52 heavy (non-hydrogen) atoms. The van der Waals surface area contributed by atoms with E-state index in [1.165, 1.54) is 44.9 Å². The van der Waals surface area contributed by atoms with Crippen LogP contribution in [0.4, 0.5) is 0 Å². The third-order valence-corrected chi connectivity index (χ3v) is 9.17. The van der Waals surface area contributed by atoms with E-state index in [1.54, 1.807) is 0 Å². The maximum Gasteiger partial charge on any atom is 0.472 e. The fourth-order valence-electron chi connectivity index (χ4n) is 5.15. The minimum atomic E-state index is -4.52. The number of carbonyl (C=O) groups excluding carboxylic acids is 1. The maximum absolute atomic E-state index is 12.6. The van der Waals surface area contributed by atoms with Gasteiger partial charge in [-0.2, -0.15) is 0 Å². The van der Waals surface area contributed by atoms with Crippen LogP contribution >= 0.6 is 7.82 Å². The first-order chi connectivity index (χ1) is 25.3. The fourth-order valence-corrected chi connectivity index (χ4v) is 5.93. The first-order valence-electron chi connectivity index (χ1n) is 20.3. The second-order valence-corrected chi connectivity index (χ2v) is 14.7. The van der Waals surface area contributed by atoms with Gasteiger partial charge >= 0.3 is 13.8 Å². The van der Waals surface area contributed by atoms with Gasteiger partial charge in [0.2, 0.25) is 0 Å². The van der Waals surface area contributed by atoms with Gasteiger partial charge in [0, 0.05) is 13.0 Å². The number of allylic oxidation sites excluding steroid dienone is 10. The van der Waals surface area contributed by atoms with E-state index in [1.807, 2.05) is 0 Å². The van der Waals surface area contributed by atoms with Crippen molar-refractivity contribution >= 4 is 13.8 Å². The van der Waals surface area contributed by atoms with Crippen LogP contribution in [0.15, 0.2) is 60.8 Å². The van der Waals surface area contributed by atoms with Crippen molar-refractivity contribution in [3.63, 3.8) is 0 Å². The number of carbonyl (C=O) groups is 1. The molecule has 9 nitrogen and oxygen atoms in total. The van der Waals surface area contributed by atoms with Gasteiger partial charge < -0.3 is 24.6 Å². The molecule has 0 aromatic carbocycles. The standard InChI is InChI=1S/C42H75O9P/c1-3-5-7-9-11-13-15-16-17-18-19-20-21-22-23-24-25-26-28-30-32-34-42(45)51-41(39-50-52(46,47)49-37-40(44)36-43)38-48-35-33-31-29-27-14-12-10-8-6-4-2/h5,7,11,13,16-17,19-20,22-23,40-41,43-44H,3-4,6,8-10,12,14-15,18,21,24-39H2,1-2H3,(H,46,47)/b7-5-,13-11-,17-16-,20-19-,23-22-. The van der Waals surface area contributed by atoms with Gasteiger partial charge in [-0.1, -0.05) is 152 Å². The molecule has 0 aromatic heterocycles. The molecule has 0 aromatic rings. The van der Waals surface area contributed by atoms with Gasteiger partial charge in [0.25, 0.3) is 0 Å². The SMILES string of the molecule is CC/C=C\C/C=C\C/C=C\C/C=C\C/C=C\CCCCCCCC(=O)OC(COCCCCCCCCCCCC)COP(=O)(O)OCC(O)CO. The highest BCUT2D eigenvalue weighted by atomic mass is 31.2. The van der Waals surface area contributed by atoms with Crippen LogP contribution in [0.3, 0.4) is 0 Å². The monoisotopic (exact) mass is 755 g/mol. The van der Waals surface area contributed by atoms with Gasteiger partial charge in [0.05, 0.1) is 26.4 Å². The number of hydrogen-bond acceptors (Lipinski definition) is 8. The van der Waals surface area contributed by atoms with E-state index in [4.69, 9.17) is 23.6 Å². The second kappa shape index (κ2) is 38.9. The molecule has 0 saturated carbocycles. The number of ether oxygens (including phenoxy) is 2. The van der Waals surface area contributed by atoms with Crippen molar-refractivity contribution in [2.75, 3.05) is 33.0 Å². The molecule has 10 heteroatoms. The Morgan fingerprint density at radius 3 is 1.65 bits per heavy atom. The lowest BCUT2D eigenvalue weighted by molar-refractivity contribution is -0.154. The molecule has 0 heterocycles. The molecule has 3 atom stereocenters. The van der Waals surface area contributed by atoms with Gasteiger partial charge in [-0.3, -0.25) is 13.8 Å². The summed E-state index contributed by atoms with van der Waals surface area (Å²) in [5.41, 5.74) is 0. The summed E-state index contributed by atoms with van der Waals surface area (Å²) in [5, 5.41) is 18.3. The molecule has 0 amide bonds. The minimum Gasteiger partial charge on any atom is -0.457 e. The van der Waals surface area contributed by atoms with Gasteiger partial charge in [-0.25, -0.2) is 4.57 Å². The van der Waals surface area contributed by atoms with E-state index in [2.05, 4.69) is 74.6 Å². The first-order valence-corrected chi connectivity index (χ1v) is 21.8. The van der Waals surface area contributed by atoms with Crippen molar-refractivity contribution in [2.24, 2.45) is 0 Å². The van der Waals surface area contributed by atoms with E-state index in [-0.39, 0.29) is 19.6 Å². The number of phosphoric ester groups is 1. The molecule has 3 unspecified atom stereocenters. The Morgan fingerprint density at radius 2 is 1.10 bits per heavy atom. The van der Waals surface area contributed by atoms with Crippen molar-refractivity contribution in [3.8, 4) is 0 Å². The zero-order valence-electron chi connectivity index (χ0n) is 32.8. The van der Waals surface area contributed by atoms with E-state index >= 15 is 0 Å². The van der Waals surface area contributed by atoms with Gasteiger partial charge in [0.1, 0.15) is 12.2 Å². The summed E-state index contributed by atoms with van der Waals surface area (Å²) >= 11 is 0. The highest BCUT2D eigenvalue weighted by Crippen LogP contribution is 2.43. The predicted molar refractivity (Wildman–Crippen MR) is 214 cm³/mol. The largest absolute Gasteiger partial charge is 0.472 e. The molecular formula is C42H75O9P. The molecule has 0 saturated heterocycles. The molecule has 302 valence electrons. The summed E-state index contributed by atoms with van der Waals surface area (Å²) in [6.45, 7) is 3.35. The van der Waals surface area contributed by atoms with Crippen molar-refractivity contribution in [3.05, 3.63) is 60.8 Å². The van der Waals surface area contributed by atoms with Crippen molar-refractivity contribution < 1.29 is 43.0 Å². The van der Waals surface area contributed by atoms with Crippen LogP contribution in [0.25, 0.3) is 0 Å². The van der Waals surface area contributed by atoms with Crippen LogP contribution in [0.1, 0.15) is 155 Å². The summed E-state index contributed by atoms with van der Waals surface area (Å²) in [5.74, 6) is -0.403. The highest BCUT2D eigenvalue weighted by molar-refractivity contribution is 7.47. The zero-order chi connectivity index (χ0) is 38.2. The van der Waals surface area contributed by atoms with Gasteiger partial charge in [-0.05, 0) is 57.8 Å². The third kappa shape index (κ3) is 37.9. The zero-order valence-corrected chi connectivity index (χ0v) is 33.7. The Balaban J connectivity index is 4.21. The van der Waals surface area contributed by atoms with E-state index < -0.39 is 39.2 Å². The van der Waals surface area contributed by atoms with Gasteiger partial charge in [-0.15, -0.1) is 0 Å². The van der Waals surface area contributed by atoms with Crippen molar-refractivity contribution in [1.29, 1.82) is 0 Å². The Kier molecular flexibility index (Phi) is 37.5. The molecule has 3 N–H and O–H groups in total. The smallest absolute Gasteiger partial charge is 0.457 e. The number of aliphatic hydroxyl groups is 2. The van der Waals surface area contributed by atoms with E-state index in [0.717, 1.165) is 83.5 Å². The Hall–Kier alpha value is -1.84. The highest BCUT2D eigenvalue weighted by Gasteiger charge is 2.26. The van der Waals surface area contributed by atoms with Gasteiger partial charge in [0.15, 0.2) is 0 Å². The molecule has 0 spiro atoms. The molecule has 0 aliphatic carbocycles. The first kappa shape index (κ1) is 50.2. The minimum absolute atomic E-state index is 0.0399. The average Bonchev–Trinajstić information content (AvgIpc) is 3.13. The summed E-state index contributed by atoms with van der Waals surface area (Å²) < 4.78 is 33.2. The van der Waals surface area contributed by atoms with Crippen LogP contribution in [-0.4, -0.2) is 66.3 Å². The third-order valence-electron chi connectivity index (χ3n) is 8.22. The average molecular weight is 755 g/mol. The van der Waals surface area contributed by atoms with E-state index in [9.17, 15) is 19.4 Å². The van der Waals surface area contributed by atoms with E-state index in [0.29, 0.717) is 13.0 Å². The molecule has 0 fully saturated rings. The summed E-state index contributed by atoms with van der Waals surface area (Å²) in [4.78, 5) is 22.5. The molecule has 0 aliphatic rings. The number of unbranched alkanes of at least 4 members (excludes halogenated alkanes) is 14. The quantitative estimate of drug-likeness (QED) is 0.0244. The Labute approximate surface area is 317 Å². The lowest BCUT2D eigenvalue weighted by Crippen LogP contribution is -2.29. The normalized spacial score (nSPS) is 14.8. The fraction of sp³-hybridized carbons (Fsp3) is 0.738. The lowest BCUT2D eigenvalue weighted by Gasteiger charge is -2.20.